The lowest BCUT2D eigenvalue weighted by Crippen LogP contribution is -1.97. The second-order valence-electron chi connectivity index (χ2n) is 3.53. The maximum Gasteiger partial charge on any atom is 0.303 e. The van der Waals surface area contributed by atoms with Crippen LogP contribution in [0.1, 0.15) is 30.4 Å². The highest BCUT2D eigenvalue weighted by atomic mass is 16.4. The molecule has 0 heterocycles. The van der Waals surface area contributed by atoms with Crippen molar-refractivity contribution in [2.75, 3.05) is 0 Å². The molecule has 0 aliphatic carbocycles. The number of carboxylic acids is 1. The first-order chi connectivity index (χ1) is 7.24. The monoisotopic (exact) mass is 208 g/mol. The van der Waals surface area contributed by atoms with E-state index in [2.05, 4.69) is 0 Å². The second-order valence-corrected chi connectivity index (χ2v) is 3.53. The summed E-state index contributed by atoms with van der Waals surface area (Å²) in [6, 6.07) is 7.71. The van der Waals surface area contributed by atoms with Crippen molar-refractivity contribution in [3.8, 4) is 0 Å². The lowest BCUT2D eigenvalue weighted by Gasteiger charge is -2.05. The van der Waals surface area contributed by atoms with Gasteiger partial charge in [-0.1, -0.05) is 24.3 Å². The predicted octanol–water partition coefficient (Wildman–Crippen LogP) is 1.98. The van der Waals surface area contributed by atoms with E-state index in [9.17, 15) is 4.79 Å². The highest BCUT2D eigenvalue weighted by Crippen LogP contribution is 2.12. The van der Waals surface area contributed by atoms with Gasteiger partial charge in [0.05, 0.1) is 6.61 Å². The maximum atomic E-state index is 10.3. The van der Waals surface area contributed by atoms with Crippen LogP contribution in [-0.2, 0) is 17.8 Å². The zero-order valence-electron chi connectivity index (χ0n) is 8.65. The third kappa shape index (κ3) is 4.13. The number of unbranched alkanes of at least 4 members (excludes halogenated alkanes) is 1. The van der Waals surface area contributed by atoms with Crippen LogP contribution in [-0.4, -0.2) is 16.2 Å². The van der Waals surface area contributed by atoms with Gasteiger partial charge in [-0.15, -0.1) is 0 Å². The Balaban J connectivity index is 2.39. The van der Waals surface area contributed by atoms with Gasteiger partial charge < -0.3 is 10.2 Å². The molecule has 0 bridgehead atoms. The van der Waals surface area contributed by atoms with Gasteiger partial charge in [0.1, 0.15) is 0 Å². The molecule has 0 atom stereocenters. The van der Waals surface area contributed by atoms with Gasteiger partial charge in [0.2, 0.25) is 0 Å². The standard InChI is InChI=1S/C12H16O3/c13-9-11-7-2-1-5-10(11)6-3-4-8-12(14)15/h1-2,5,7,13H,3-4,6,8-9H2,(H,14,15). The summed E-state index contributed by atoms with van der Waals surface area (Å²) in [4.78, 5) is 10.3. The number of benzene rings is 1. The number of aliphatic hydroxyl groups is 1. The van der Waals surface area contributed by atoms with Gasteiger partial charge in [-0.3, -0.25) is 4.79 Å². The van der Waals surface area contributed by atoms with E-state index in [-0.39, 0.29) is 13.0 Å². The van der Waals surface area contributed by atoms with Crippen LogP contribution < -0.4 is 0 Å². The Morgan fingerprint density at radius 3 is 2.40 bits per heavy atom. The molecule has 0 aromatic heterocycles. The predicted molar refractivity (Wildman–Crippen MR) is 57.6 cm³/mol. The fraction of sp³-hybridized carbons (Fsp3) is 0.417. The number of carbonyl (C=O) groups is 1. The summed E-state index contributed by atoms with van der Waals surface area (Å²) >= 11 is 0. The minimum atomic E-state index is -0.745. The van der Waals surface area contributed by atoms with Crippen molar-refractivity contribution in [1.82, 2.24) is 0 Å². The number of hydrogen-bond acceptors (Lipinski definition) is 2. The number of aliphatic hydroxyl groups excluding tert-OH is 1. The van der Waals surface area contributed by atoms with Crippen molar-refractivity contribution in [2.24, 2.45) is 0 Å². The minimum absolute atomic E-state index is 0.0507. The highest BCUT2D eigenvalue weighted by molar-refractivity contribution is 5.66. The quantitative estimate of drug-likeness (QED) is 0.703. The fourth-order valence-corrected chi connectivity index (χ4v) is 1.55. The molecule has 2 N–H and O–H groups in total. The van der Waals surface area contributed by atoms with Gasteiger partial charge in [-0.25, -0.2) is 0 Å². The van der Waals surface area contributed by atoms with Crippen molar-refractivity contribution in [3.63, 3.8) is 0 Å². The Kier molecular flexibility index (Phi) is 4.84. The van der Waals surface area contributed by atoms with E-state index in [0.29, 0.717) is 6.42 Å². The van der Waals surface area contributed by atoms with Crippen LogP contribution in [0.25, 0.3) is 0 Å². The summed E-state index contributed by atoms with van der Waals surface area (Å²) in [5.74, 6) is -0.745. The van der Waals surface area contributed by atoms with E-state index in [1.165, 1.54) is 0 Å². The summed E-state index contributed by atoms with van der Waals surface area (Å²) in [5, 5.41) is 17.5. The van der Waals surface area contributed by atoms with Crippen LogP contribution in [0.3, 0.4) is 0 Å². The molecule has 0 aliphatic rings. The Morgan fingerprint density at radius 1 is 1.13 bits per heavy atom. The Morgan fingerprint density at radius 2 is 1.80 bits per heavy atom. The smallest absolute Gasteiger partial charge is 0.303 e. The van der Waals surface area contributed by atoms with Gasteiger partial charge in [-0.05, 0) is 30.4 Å². The summed E-state index contributed by atoms with van der Waals surface area (Å²) in [7, 11) is 0. The van der Waals surface area contributed by atoms with Crippen LogP contribution in [0.15, 0.2) is 24.3 Å². The highest BCUT2D eigenvalue weighted by Gasteiger charge is 2.01. The van der Waals surface area contributed by atoms with Crippen LogP contribution >= 0.6 is 0 Å². The molecule has 0 spiro atoms. The molecule has 3 nitrogen and oxygen atoms in total. The normalized spacial score (nSPS) is 10.2. The van der Waals surface area contributed by atoms with Crippen LogP contribution in [0.4, 0.5) is 0 Å². The summed E-state index contributed by atoms with van der Waals surface area (Å²) < 4.78 is 0. The van der Waals surface area contributed by atoms with Crippen molar-refractivity contribution in [3.05, 3.63) is 35.4 Å². The molecule has 0 unspecified atom stereocenters. The van der Waals surface area contributed by atoms with Gasteiger partial charge in [0.15, 0.2) is 0 Å². The zero-order chi connectivity index (χ0) is 11.1. The molecule has 1 rings (SSSR count). The molecule has 82 valence electrons. The average Bonchev–Trinajstić information content (AvgIpc) is 2.24. The van der Waals surface area contributed by atoms with Crippen LogP contribution in [0.5, 0.6) is 0 Å². The molecule has 0 aliphatic heterocycles. The topological polar surface area (TPSA) is 57.5 Å². The van der Waals surface area contributed by atoms with Crippen molar-refractivity contribution in [1.29, 1.82) is 0 Å². The number of aliphatic carboxylic acids is 1. The molecule has 15 heavy (non-hydrogen) atoms. The second kappa shape index (κ2) is 6.19. The lowest BCUT2D eigenvalue weighted by atomic mass is 10.0. The fourth-order valence-electron chi connectivity index (χ4n) is 1.55. The average molecular weight is 208 g/mol. The van der Waals surface area contributed by atoms with Gasteiger partial charge in [0.25, 0.3) is 0 Å². The number of rotatable bonds is 6. The number of hydrogen-bond donors (Lipinski definition) is 2. The van der Waals surface area contributed by atoms with E-state index >= 15 is 0 Å². The Labute approximate surface area is 89.4 Å². The molecule has 0 saturated heterocycles. The number of carboxylic acid groups (broad SMARTS) is 1. The first-order valence-corrected chi connectivity index (χ1v) is 5.13. The van der Waals surface area contributed by atoms with Crippen LogP contribution in [0, 0.1) is 0 Å². The van der Waals surface area contributed by atoms with Gasteiger partial charge in [0, 0.05) is 6.42 Å². The molecular formula is C12H16O3. The van der Waals surface area contributed by atoms with Gasteiger partial charge >= 0.3 is 5.97 Å². The van der Waals surface area contributed by atoms with E-state index < -0.39 is 5.97 Å². The lowest BCUT2D eigenvalue weighted by molar-refractivity contribution is -0.137. The largest absolute Gasteiger partial charge is 0.481 e. The first kappa shape index (κ1) is 11.7. The third-order valence-corrected chi connectivity index (χ3v) is 2.38. The first-order valence-electron chi connectivity index (χ1n) is 5.13. The Bertz CT molecular complexity index is 320. The zero-order valence-corrected chi connectivity index (χ0v) is 8.65. The molecule has 0 radical (unpaired) electrons. The maximum absolute atomic E-state index is 10.3. The molecule has 0 saturated carbocycles. The number of aryl methyl sites for hydroxylation is 1. The van der Waals surface area contributed by atoms with Crippen molar-refractivity contribution < 1.29 is 15.0 Å². The molecule has 1 aromatic rings. The summed E-state index contributed by atoms with van der Waals surface area (Å²) in [6.45, 7) is 0.0507. The molecule has 0 amide bonds. The van der Waals surface area contributed by atoms with E-state index in [0.717, 1.165) is 24.0 Å². The SMILES string of the molecule is O=C(O)CCCCc1ccccc1CO. The van der Waals surface area contributed by atoms with Crippen molar-refractivity contribution >= 4 is 5.97 Å². The summed E-state index contributed by atoms with van der Waals surface area (Å²) in [6.07, 6.45) is 2.60. The minimum Gasteiger partial charge on any atom is -0.481 e. The molecular weight excluding hydrogens is 192 g/mol. The van der Waals surface area contributed by atoms with E-state index in [4.69, 9.17) is 10.2 Å². The van der Waals surface area contributed by atoms with Crippen molar-refractivity contribution in [2.45, 2.75) is 32.3 Å². The van der Waals surface area contributed by atoms with Gasteiger partial charge in [-0.2, -0.15) is 0 Å². The third-order valence-electron chi connectivity index (χ3n) is 2.38. The van der Waals surface area contributed by atoms with E-state index in [1.54, 1.807) is 0 Å². The molecule has 3 heteroatoms. The Hall–Kier alpha value is -1.35. The van der Waals surface area contributed by atoms with Crippen LogP contribution in [0.2, 0.25) is 0 Å². The molecule has 0 fully saturated rings. The van der Waals surface area contributed by atoms with E-state index in [1.807, 2.05) is 24.3 Å². The summed E-state index contributed by atoms with van der Waals surface area (Å²) in [5.41, 5.74) is 2.05. The molecule has 1 aromatic carbocycles.